The number of fused-ring (bicyclic) bond motifs is 3. The molecule has 298 valence electrons. The van der Waals surface area contributed by atoms with Crippen LogP contribution in [0.2, 0.25) is 0 Å². The van der Waals surface area contributed by atoms with E-state index in [0.29, 0.717) is 41.5 Å². The Morgan fingerprint density at radius 2 is 1.63 bits per heavy atom. The second-order valence-corrected chi connectivity index (χ2v) is 19.1. The van der Waals surface area contributed by atoms with Crippen LogP contribution >= 0.6 is 11.3 Å². The molecule has 3 heterocycles. The Morgan fingerprint density at radius 1 is 0.895 bits per heavy atom. The molecule has 3 amide bonds. The van der Waals surface area contributed by atoms with E-state index in [4.69, 9.17) is 14.2 Å². The summed E-state index contributed by atoms with van der Waals surface area (Å²) < 4.78 is 16.8. The van der Waals surface area contributed by atoms with Crippen LogP contribution in [0.5, 0.6) is 5.75 Å². The van der Waals surface area contributed by atoms with Gasteiger partial charge in [0, 0.05) is 51.3 Å². The zero-order valence-corrected chi connectivity index (χ0v) is 34.2. The molecule has 4 bridgehead atoms. The number of pyridine rings is 1. The van der Waals surface area contributed by atoms with E-state index >= 15 is 0 Å². The maximum absolute atomic E-state index is 14.4. The van der Waals surface area contributed by atoms with Gasteiger partial charge < -0.3 is 30.2 Å². The molecule has 4 aliphatic carbocycles. The third kappa shape index (κ3) is 7.88. The molecule has 2 aromatic carbocycles. The van der Waals surface area contributed by atoms with E-state index in [0.717, 1.165) is 40.8 Å². The van der Waals surface area contributed by atoms with Crippen LogP contribution in [0.1, 0.15) is 116 Å². The maximum Gasteiger partial charge on any atom is 0.407 e. The fraction of sp³-hybridized carbons (Fsp3) is 0.444. The number of hydrogen-bond donors (Lipinski definition) is 3. The number of aromatic nitrogens is 1. The molecule has 12 heteroatoms. The van der Waals surface area contributed by atoms with Crippen LogP contribution in [0.25, 0.3) is 21.6 Å². The lowest BCUT2D eigenvalue weighted by Gasteiger charge is -2.65. The molecule has 11 nitrogen and oxygen atoms in total. The van der Waals surface area contributed by atoms with Gasteiger partial charge in [-0.3, -0.25) is 9.59 Å². The van der Waals surface area contributed by atoms with Crippen LogP contribution < -0.4 is 20.7 Å². The van der Waals surface area contributed by atoms with Gasteiger partial charge in [0.1, 0.15) is 17.0 Å². The van der Waals surface area contributed by atoms with Crippen molar-refractivity contribution in [3.63, 3.8) is 0 Å². The largest absolute Gasteiger partial charge is 0.493 e. The fourth-order valence-corrected chi connectivity index (χ4v) is 11.6. The summed E-state index contributed by atoms with van der Waals surface area (Å²) in [5.41, 5.74) is 3.80. The summed E-state index contributed by atoms with van der Waals surface area (Å²) >= 11 is 1.58. The first-order chi connectivity index (χ1) is 27.0. The average molecular weight is 791 g/mol. The van der Waals surface area contributed by atoms with Gasteiger partial charge in [0.25, 0.3) is 11.8 Å². The molecule has 2 aromatic heterocycles. The molecule has 4 fully saturated rings. The third-order valence-electron chi connectivity index (χ3n) is 11.8. The Labute approximate surface area is 337 Å². The highest BCUT2D eigenvalue weighted by Gasteiger charge is 2.60. The van der Waals surface area contributed by atoms with Crippen molar-refractivity contribution in [2.24, 2.45) is 16.7 Å². The normalized spacial score (nSPS) is 24.3. The van der Waals surface area contributed by atoms with Gasteiger partial charge in [-0.05, 0) is 135 Å². The van der Waals surface area contributed by atoms with E-state index in [9.17, 15) is 19.2 Å². The van der Waals surface area contributed by atoms with Crippen LogP contribution in [0, 0.1) is 16.7 Å². The lowest BCUT2D eigenvalue weighted by Crippen LogP contribution is -2.65. The van der Waals surface area contributed by atoms with Crippen molar-refractivity contribution in [1.29, 1.82) is 0 Å². The second kappa shape index (κ2) is 14.3. The Morgan fingerprint density at radius 3 is 2.32 bits per heavy atom. The number of esters is 1. The van der Waals surface area contributed by atoms with Gasteiger partial charge in [-0.25, -0.2) is 14.6 Å². The number of alkyl carbamates (subject to hydrolysis) is 1. The molecule has 0 radical (unpaired) electrons. The van der Waals surface area contributed by atoms with Gasteiger partial charge in [-0.15, -0.1) is 11.3 Å². The molecule has 3 N–H and O–H groups in total. The van der Waals surface area contributed by atoms with Gasteiger partial charge in [0.15, 0.2) is 5.69 Å². The van der Waals surface area contributed by atoms with Crippen LogP contribution in [-0.2, 0) is 22.4 Å². The second-order valence-electron chi connectivity index (χ2n) is 18.2. The molecule has 9 rings (SSSR count). The minimum atomic E-state index is -0.729. The quantitative estimate of drug-likeness (QED) is 0.150. The molecule has 1 aliphatic heterocycles. The smallest absolute Gasteiger partial charge is 0.407 e. The van der Waals surface area contributed by atoms with Crippen molar-refractivity contribution in [3.05, 3.63) is 88.1 Å². The predicted octanol–water partition coefficient (Wildman–Crippen LogP) is 8.95. The zero-order valence-electron chi connectivity index (χ0n) is 33.4. The number of nitrogens with zero attached hydrogens (tertiary/aromatic N) is 1. The van der Waals surface area contributed by atoms with Gasteiger partial charge in [-0.2, -0.15) is 0 Å². The Hall–Kier alpha value is -5.23. The van der Waals surface area contributed by atoms with Crippen molar-refractivity contribution < 1.29 is 33.4 Å². The molecule has 0 saturated heterocycles. The van der Waals surface area contributed by atoms with Gasteiger partial charge >= 0.3 is 12.1 Å². The number of carbonyl (C=O) groups is 4. The minimum absolute atomic E-state index is 0.0733. The van der Waals surface area contributed by atoms with Gasteiger partial charge in [0.05, 0.1) is 13.7 Å². The number of hydrogen-bond acceptors (Lipinski definition) is 9. The summed E-state index contributed by atoms with van der Waals surface area (Å²) in [5, 5.41) is 11.2. The standard InChI is InChI=1S/C45H50N4O7S/c1-42(2,3)56-41(53)46-22-26-7-9-29(10-8-26)47-38(50)32-17-33-35(55-15-13-28-14-16-57-37(28)33)18-31(32)30-11-12-34(48-36(30)40(52)54-6)39(51)49-45-21-27-19-43(4,24-45)23-44(5,20-27)25-45/h7-12,14,16-18,27H,13,15,19-25H2,1-6H3,(H,46,53)(H,47,50)(H,49,51)/t27?,43-,44?,45?/m0/s1. The number of methoxy groups -OCH3 is 1. The van der Waals surface area contributed by atoms with Crippen molar-refractivity contribution in [1.82, 2.24) is 15.6 Å². The first kappa shape index (κ1) is 38.6. The molecule has 5 aliphatic rings. The highest BCUT2D eigenvalue weighted by molar-refractivity contribution is 7.13. The lowest BCUT2D eigenvalue weighted by atomic mass is 9.43. The van der Waals surface area contributed by atoms with E-state index in [1.54, 1.807) is 68.5 Å². The van der Waals surface area contributed by atoms with Crippen molar-refractivity contribution in [3.8, 4) is 27.3 Å². The number of benzene rings is 2. The van der Waals surface area contributed by atoms with Crippen LogP contribution in [-0.4, -0.2) is 53.7 Å². The van der Waals surface area contributed by atoms with E-state index in [-0.39, 0.29) is 45.8 Å². The number of carbonyl (C=O) groups excluding carboxylic acids is 4. The van der Waals surface area contributed by atoms with Crippen molar-refractivity contribution in [2.75, 3.05) is 19.0 Å². The molecule has 0 spiro atoms. The maximum atomic E-state index is 14.4. The van der Waals surface area contributed by atoms with E-state index < -0.39 is 23.6 Å². The van der Waals surface area contributed by atoms with E-state index in [1.807, 2.05) is 17.5 Å². The minimum Gasteiger partial charge on any atom is -0.493 e. The highest BCUT2D eigenvalue weighted by atomic mass is 32.1. The van der Waals surface area contributed by atoms with Crippen LogP contribution in [0.3, 0.4) is 0 Å². The number of thiophene rings is 1. The van der Waals surface area contributed by atoms with Gasteiger partial charge in [-0.1, -0.05) is 26.0 Å². The van der Waals surface area contributed by atoms with Crippen LogP contribution in [0.15, 0.2) is 60.0 Å². The summed E-state index contributed by atoms with van der Waals surface area (Å²) in [5.74, 6) is -0.309. The Balaban J connectivity index is 1.12. The highest BCUT2D eigenvalue weighted by Crippen LogP contribution is 2.66. The SMILES string of the molecule is COC(=O)c1nc(C(=O)NC23CC4CC(C)(C2)C[C@](C)(C4)C3)ccc1-c1cc2c(cc1C(=O)Nc1ccc(CNC(=O)OC(C)(C)C)cc1)-c1sccc1CCO2. The molecule has 4 atom stereocenters. The van der Waals surface area contributed by atoms with Gasteiger partial charge in [0.2, 0.25) is 0 Å². The summed E-state index contributed by atoms with van der Waals surface area (Å²) in [6.45, 7) is 10.8. The number of amides is 3. The molecule has 4 aromatic rings. The van der Waals surface area contributed by atoms with E-state index in [1.165, 1.54) is 26.4 Å². The lowest BCUT2D eigenvalue weighted by molar-refractivity contribution is -0.114. The molecular formula is C45H50N4O7S. The van der Waals surface area contributed by atoms with Crippen molar-refractivity contribution in [2.45, 2.75) is 97.2 Å². The topological polar surface area (TPSA) is 145 Å². The fourth-order valence-electron chi connectivity index (χ4n) is 10.7. The first-order valence-corrected chi connectivity index (χ1v) is 20.6. The number of rotatable bonds is 8. The molecular weight excluding hydrogens is 741 g/mol. The Bertz CT molecular complexity index is 2260. The summed E-state index contributed by atoms with van der Waals surface area (Å²) in [4.78, 5) is 59.8. The number of nitrogens with one attached hydrogen (secondary N) is 3. The summed E-state index contributed by atoms with van der Waals surface area (Å²) in [6.07, 6.45) is 6.60. The van der Waals surface area contributed by atoms with Crippen LogP contribution in [0.4, 0.5) is 10.5 Å². The average Bonchev–Trinajstić information content (AvgIpc) is 3.52. The predicted molar refractivity (Wildman–Crippen MR) is 219 cm³/mol. The number of anilines is 1. The summed E-state index contributed by atoms with van der Waals surface area (Å²) in [7, 11) is 1.27. The summed E-state index contributed by atoms with van der Waals surface area (Å²) in [6, 6.07) is 16.1. The third-order valence-corrected chi connectivity index (χ3v) is 12.8. The molecule has 57 heavy (non-hydrogen) atoms. The molecule has 3 unspecified atom stereocenters. The monoisotopic (exact) mass is 790 g/mol. The van der Waals surface area contributed by atoms with Crippen molar-refractivity contribution >= 4 is 40.9 Å². The zero-order chi connectivity index (χ0) is 40.3. The first-order valence-electron chi connectivity index (χ1n) is 19.7. The number of ether oxygens (including phenoxy) is 3. The van der Waals surface area contributed by atoms with E-state index in [2.05, 4.69) is 40.8 Å². The molecule has 4 saturated carbocycles. The Kier molecular flexibility index (Phi) is 9.69.